The smallest absolute Gasteiger partial charge is 0.412 e. The van der Waals surface area contributed by atoms with Crippen LogP contribution in [0.25, 0.3) is 9.69 Å². The van der Waals surface area contributed by atoms with Crippen LogP contribution in [0.3, 0.4) is 0 Å². The van der Waals surface area contributed by atoms with Crippen molar-refractivity contribution in [3.05, 3.63) is 117 Å². The Balaban J connectivity index is 0.000000385. The molecule has 0 aliphatic carbocycles. The van der Waals surface area contributed by atoms with Crippen LogP contribution in [0.2, 0.25) is 10.0 Å². The minimum absolute atomic E-state index is 0.0307. The van der Waals surface area contributed by atoms with E-state index in [1.54, 1.807) is 94.1 Å². The molecule has 1 heterocycles. The molecule has 0 unspecified atom stereocenters. The number of anilines is 5. The van der Waals surface area contributed by atoms with E-state index in [9.17, 15) is 14.4 Å². The van der Waals surface area contributed by atoms with Gasteiger partial charge >= 0.3 is 18.3 Å². The Morgan fingerprint density at radius 1 is 0.768 bits per heavy atom. The molecule has 69 heavy (non-hydrogen) atoms. The number of aliphatic imine (C=N–C) groups is 1. The van der Waals surface area contributed by atoms with Crippen molar-refractivity contribution in [2.24, 2.45) is 4.99 Å². The van der Waals surface area contributed by atoms with Crippen molar-refractivity contribution in [3.8, 4) is 0 Å². The van der Waals surface area contributed by atoms with E-state index in [4.69, 9.17) is 67.6 Å². The Hall–Kier alpha value is -6.68. The summed E-state index contributed by atoms with van der Waals surface area (Å²) in [6.07, 6.45) is 0.0685. The standard InChI is InChI=1S/C24H25ClN4O3S.C16H25ClN2O2.C9H6N2S.CO2/c1-14-12-15(9-11-18(14)26-7)28-20(30)24(5,6)29(22(28)33)16-8-10-17(25)19(13-16)27-21(31)32-23(2,3)4;1-7-16(5,6)19-11-8-9-12(17)13(10-11)18-14(20)21-15(2,3)4;1-7-5-8(11-6-12)3-4-9(7)10-2;2-1-3/h8-13H,1-6H3,(H,27,31);8-10,19H,7H2,1-6H3,(H,18,20);3-5H,1H3;. The summed E-state index contributed by atoms with van der Waals surface area (Å²) in [5.74, 6) is -0.209. The number of halogens is 2. The fourth-order valence-electron chi connectivity index (χ4n) is 6.00. The SMILES string of the molecule is CCC(C)(C)Nc1ccc(Cl)c(NC(=O)OC(C)(C)C)c1.O=C=O.[C-]#[N+]c1ccc(N2C(=O)C(C)(C)N(c3ccc(Cl)c(NC(=O)OC(C)(C)C)c3)C2=S)cc1C.[C-]#[N+]c1ccc(N=C=S)cc1C. The van der Waals surface area contributed by atoms with Gasteiger partial charge < -0.3 is 19.7 Å². The third kappa shape index (κ3) is 17.7. The normalized spacial score (nSPS) is 12.6. The zero-order valence-corrected chi connectivity index (χ0v) is 43.9. The zero-order chi connectivity index (χ0) is 52.7. The lowest BCUT2D eigenvalue weighted by atomic mass is 10.0. The Bertz CT molecular complexity index is 2720. The molecule has 1 saturated heterocycles. The van der Waals surface area contributed by atoms with Gasteiger partial charge in [-0.1, -0.05) is 42.3 Å². The summed E-state index contributed by atoms with van der Waals surface area (Å²) in [5, 5.41) is 12.1. The van der Waals surface area contributed by atoms with Gasteiger partial charge in [-0.3, -0.25) is 20.3 Å². The summed E-state index contributed by atoms with van der Waals surface area (Å²) < 4.78 is 10.5. The van der Waals surface area contributed by atoms with Gasteiger partial charge in [0.25, 0.3) is 5.91 Å². The number of amides is 3. The van der Waals surface area contributed by atoms with Gasteiger partial charge in [-0.2, -0.15) is 14.6 Å². The monoisotopic (exact) mass is 1010 g/mol. The number of thiocarbonyl (C=S) groups is 2. The number of benzene rings is 4. The molecule has 15 nitrogen and oxygen atoms in total. The average molecular weight is 1020 g/mol. The van der Waals surface area contributed by atoms with Gasteiger partial charge in [-0.15, -0.1) is 0 Å². The summed E-state index contributed by atoms with van der Waals surface area (Å²) in [7, 11) is 0. The first-order chi connectivity index (χ1) is 32.0. The van der Waals surface area contributed by atoms with Crippen molar-refractivity contribution in [1.82, 2.24) is 0 Å². The molecule has 5 rings (SSSR count). The maximum Gasteiger partial charge on any atom is 0.412 e. The fraction of sp³-hybridized carbons (Fsp3) is 0.360. The third-order valence-electron chi connectivity index (χ3n) is 9.51. The van der Waals surface area contributed by atoms with E-state index in [-0.39, 0.29) is 22.7 Å². The quantitative estimate of drug-likeness (QED) is 0.0873. The lowest BCUT2D eigenvalue weighted by Gasteiger charge is -2.30. The lowest BCUT2D eigenvalue weighted by Crippen LogP contribution is -2.44. The topological polar surface area (TPSA) is 167 Å². The molecule has 3 N–H and O–H groups in total. The number of nitrogens with one attached hydrogen (secondary N) is 3. The van der Waals surface area contributed by atoms with Crippen LogP contribution in [0.5, 0.6) is 0 Å². The van der Waals surface area contributed by atoms with Gasteiger partial charge in [0.05, 0.1) is 45.4 Å². The fourth-order valence-corrected chi connectivity index (χ4v) is 6.96. The van der Waals surface area contributed by atoms with Gasteiger partial charge in [-0.25, -0.2) is 19.3 Å². The van der Waals surface area contributed by atoms with Crippen LogP contribution in [0, 0.1) is 27.0 Å². The van der Waals surface area contributed by atoms with Crippen LogP contribution in [-0.2, 0) is 23.9 Å². The number of ether oxygens (including phenoxy) is 2. The highest BCUT2D eigenvalue weighted by Gasteiger charge is 2.50. The number of carbonyl (C=O) groups excluding carboxylic acids is 5. The molecule has 0 atom stereocenters. The van der Waals surface area contributed by atoms with Crippen molar-refractivity contribution in [2.45, 2.75) is 119 Å². The number of hydrogen-bond donors (Lipinski definition) is 3. The molecule has 19 heteroatoms. The number of hydrogen-bond acceptors (Lipinski definition) is 11. The van der Waals surface area contributed by atoms with Crippen LogP contribution in [-0.4, -0.2) is 56.8 Å². The van der Waals surface area contributed by atoms with Crippen molar-refractivity contribution < 1.29 is 33.4 Å². The first-order valence-electron chi connectivity index (χ1n) is 21.1. The van der Waals surface area contributed by atoms with Crippen molar-refractivity contribution >= 4 is 128 Å². The van der Waals surface area contributed by atoms with Gasteiger partial charge in [0.2, 0.25) is 0 Å². The molecule has 0 saturated carbocycles. The van der Waals surface area contributed by atoms with Gasteiger partial charge in [-0.05, 0) is 186 Å². The van der Waals surface area contributed by atoms with E-state index in [1.165, 1.54) is 4.90 Å². The molecular weight excluding hydrogens is 960 g/mol. The maximum absolute atomic E-state index is 13.4. The van der Waals surface area contributed by atoms with Gasteiger partial charge in [0.15, 0.2) is 16.5 Å². The molecule has 0 radical (unpaired) electrons. The van der Waals surface area contributed by atoms with E-state index in [0.717, 1.165) is 28.9 Å². The molecule has 1 fully saturated rings. The lowest BCUT2D eigenvalue weighted by molar-refractivity contribution is -0.191. The van der Waals surface area contributed by atoms with E-state index in [1.807, 2.05) is 52.8 Å². The van der Waals surface area contributed by atoms with Crippen LogP contribution < -0.4 is 25.8 Å². The van der Waals surface area contributed by atoms with Crippen LogP contribution >= 0.6 is 47.6 Å². The largest absolute Gasteiger partial charge is 0.444 e. The molecule has 1 aliphatic rings. The Morgan fingerprint density at radius 2 is 1.23 bits per heavy atom. The van der Waals surface area contributed by atoms with Crippen molar-refractivity contribution in [1.29, 1.82) is 0 Å². The minimum Gasteiger partial charge on any atom is -0.444 e. The predicted molar refractivity (Wildman–Crippen MR) is 282 cm³/mol. The van der Waals surface area contributed by atoms with E-state index < -0.39 is 28.9 Å². The number of nitrogens with zero attached hydrogens (tertiary/aromatic N) is 5. The number of rotatable bonds is 8. The predicted octanol–water partition coefficient (Wildman–Crippen LogP) is 14.4. The molecular formula is C50H56Cl2N8O7S2. The van der Waals surface area contributed by atoms with Crippen molar-refractivity contribution in [2.75, 3.05) is 25.8 Å². The Labute approximate surface area is 425 Å². The first kappa shape index (κ1) is 58.4. The molecule has 0 aromatic heterocycles. The Kier molecular flexibility index (Phi) is 21.2. The van der Waals surface area contributed by atoms with Gasteiger partial charge in [0.1, 0.15) is 16.7 Å². The highest BCUT2D eigenvalue weighted by molar-refractivity contribution is 7.81. The minimum atomic E-state index is -1.000. The van der Waals surface area contributed by atoms with Crippen LogP contribution in [0.1, 0.15) is 93.7 Å². The molecule has 364 valence electrons. The van der Waals surface area contributed by atoms with E-state index >= 15 is 0 Å². The highest BCUT2D eigenvalue weighted by atomic mass is 35.5. The van der Waals surface area contributed by atoms with Gasteiger partial charge in [0, 0.05) is 22.6 Å². The number of carbonyl (C=O) groups is 3. The summed E-state index contributed by atoms with van der Waals surface area (Å²) in [5.41, 5.74) is 4.29. The summed E-state index contributed by atoms with van der Waals surface area (Å²) in [6.45, 7) is 38.4. The van der Waals surface area contributed by atoms with E-state index in [2.05, 4.69) is 68.8 Å². The summed E-state index contributed by atoms with van der Waals surface area (Å²) in [6, 6.07) is 20.9. The molecule has 4 aromatic rings. The second-order valence-corrected chi connectivity index (χ2v) is 19.6. The average Bonchev–Trinajstić information content (AvgIpc) is 3.41. The molecule has 1 aliphatic heterocycles. The highest BCUT2D eigenvalue weighted by Crippen LogP contribution is 2.40. The summed E-state index contributed by atoms with van der Waals surface area (Å²) >= 11 is 22.6. The molecule has 0 bridgehead atoms. The Morgan fingerprint density at radius 3 is 1.68 bits per heavy atom. The number of isothiocyanates is 1. The van der Waals surface area contributed by atoms with Crippen molar-refractivity contribution in [3.63, 3.8) is 0 Å². The molecule has 4 aromatic carbocycles. The first-order valence-corrected chi connectivity index (χ1v) is 22.6. The van der Waals surface area contributed by atoms with E-state index in [0.29, 0.717) is 44.2 Å². The molecule has 3 amide bonds. The third-order valence-corrected chi connectivity index (χ3v) is 10.6. The molecule has 0 spiro atoms. The van der Waals surface area contributed by atoms with Crippen LogP contribution in [0.15, 0.2) is 77.8 Å². The summed E-state index contributed by atoms with van der Waals surface area (Å²) in [4.78, 5) is 67.5. The second kappa shape index (κ2) is 25.1. The second-order valence-electron chi connectivity index (χ2n) is 18.2. The van der Waals surface area contributed by atoms with Crippen LogP contribution in [0.4, 0.5) is 55.1 Å². The zero-order valence-electron chi connectivity index (χ0n) is 40.8. The maximum atomic E-state index is 13.4. The number of aryl methyl sites for hydroxylation is 2.